The summed E-state index contributed by atoms with van der Waals surface area (Å²) in [4.78, 5) is 18.0. The van der Waals surface area contributed by atoms with E-state index in [-0.39, 0.29) is 11.9 Å². The maximum atomic E-state index is 11.7. The number of carbonyl (C=O) groups is 1. The first-order valence-corrected chi connectivity index (χ1v) is 9.42. The second-order valence-electron chi connectivity index (χ2n) is 6.54. The summed E-state index contributed by atoms with van der Waals surface area (Å²) in [5.74, 6) is 0.685. The van der Waals surface area contributed by atoms with E-state index in [1.165, 1.54) is 7.11 Å². The molecule has 1 fully saturated rings. The van der Waals surface area contributed by atoms with E-state index >= 15 is 0 Å². The molecule has 9 heteroatoms. The standard InChI is InChI=1S/C18H25N5O3S/c1-25-12-11-22-16(14-3-7-19-8-4-14)20-23(18(22)27)13-21-9-5-15(6-10-21)17(24)26-2/h3-4,7-8,15H,5-6,9-13H2,1-2H3. The first-order chi connectivity index (χ1) is 13.1. The zero-order chi connectivity index (χ0) is 19.2. The van der Waals surface area contributed by atoms with Crippen LogP contribution in [0.25, 0.3) is 11.4 Å². The zero-order valence-electron chi connectivity index (χ0n) is 15.7. The average Bonchev–Trinajstić information content (AvgIpc) is 3.02. The van der Waals surface area contributed by atoms with E-state index in [9.17, 15) is 4.79 Å². The Kier molecular flexibility index (Phi) is 6.70. The van der Waals surface area contributed by atoms with Gasteiger partial charge in [-0.3, -0.25) is 19.2 Å². The maximum absolute atomic E-state index is 11.7. The van der Waals surface area contributed by atoms with E-state index in [1.54, 1.807) is 19.5 Å². The Bertz CT molecular complexity index is 812. The normalized spacial score (nSPS) is 15.8. The number of hydrogen-bond acceptors (Lipinski definition) is 7. The van der Waals surface area contributed by atoms with Gasteiger partial charge in [0.15, 0.2) is 10.6 Å². The van der Waals surface area contributed by atoms with Gasteiger partial charge in [0.2, 0.25) is 0 Å². The van der Waals surface area contributed by atoms with Crippen molar-refractivity contribution >= 4 is 18.2 Å². The third-order valence-electron chi connectivity index (χ3n) is 4.84. The zero-order valence-corrected chi connectivity index (χ0v) is 16.5. The van der Waals surface area contributed by atoms with Crippen LogP contribution in [0.5, 0.6) is 0 Å². The van der Waals surface area contributed by atoms with Gasteiger partial charge in [-0.05, 0) is 37.2 Å². The minimum absolute atomic E-state index is 0.00846. The molecule has 2 aromatic heterocycles. The van der Waals surface area contributed by atoms with E-state index in [1.807, 2.05) is 21.4 Å². The lowest BCUT2D eigenvalue weighted by Gasteiger charge is -2.30. The van der Waals surface area contributed by atoms with Crippen LogP contribution in [0.4, 0.5) is 0 Å². The molecular formula is C18H25N5O3S. The lowest BCUT2D eigenvalue weighted by atomic mass is 9.97. The number of esters is 1. The van der Waals surface area contributed by atoms with Gasteiger partial charge in [-0.2, -0.15) is 5.10 Å². The number of piperidine rings is 1. The van der Waals surface area contributed by atoms with Gasteiger partial charge in [-0.15, -0.1) is 0 Å². The fraction of sp³-hybridized carbons (Fsp3) is 0.556. The van der Waals surface area contributed by atoms with Gasteiger partial charge >= 0.3 is 5.97 Å². The highest BCUT2D eigenvalue weighted by Crippen LogP contribution is 2.21. The van der Waals surface area contributed by atoms with E-state index in [4.69, 9.17) is 26.8 Å². The monoisotopic (exact) mass is 391 g/mol. The lowest BCUT2D eigenvalue weighted by Crippen LogP contribution is -2.38. The molecule has 0 aromatic carbocycles. The van der Waals surface area contributed by atoms with Crippen LogP contribution in [-0.4, -0.2) is 64.1 Å². The Morgan fingerprint density at radius 3 is 2.59 bits per heavy atom. The van der Waals surface area contributed by atoms with Crippen molar-refractivity contribution in [2.24, 2.45) is 5.92 Å². The molecule has 3 rings (SSSR count). The summed E-state index contributed by atoms with van der Waals surface area (Å²) in [6.45, 7) is 3.43. The van der Waals surface area contributed by atoms with Crippen molar-refractivity contribution in [1.29, 1.82) is 0 Å². The Balaban J connectivity index is 1.77. The van der Waals surface area contributed by atoms with Crippen LogP contribution < -0.4 is 0 Å². The topological polar surface area (TPSA) is 74.4 Å². The molecule has 0 N–H and O–H groups in total. The summed E-state index contributed by atoms with van der Waals surface area (Å²) in [6, 6.07) is 3.85. The predicted molar refractivity (Wildman–Crippen MR) is 102 cm³/mol. The van der Waals surface area contributed by atoms with E-state index < -0.39 is 0 Å². The summed E-state index contributed by atoms with van der Waals surface area (Å²) in [5, 5.41) is 4.76. The van der Waals surface area contributed by atoms with Crippen molar-refractivity contribution in [3.8, 4) is 11.4 Å². The van der Waals surface area contributed by atoms with Crippen molar-refractivity contribution in [2.75, 3.05) is 33.9 Å². The molecule has 0 spiro atoms. The molecule has 2 aromatic rings. The fourth-order valence-electron chi connectivity index (χ4n) is 3.30. The minimum Gasteiger partial charge on any atom is -0.469 e. The molecule has 146 valence electrons. The van der Waals surface area contributed by atoms with Crippen LogP contribution in [0.2, 0.25) is 0 Å². The van der Waals surface area contributed by atoms with Crippen LogP contribution in [0.1, 0.15) is 12.8 Å². The number of nitrogens with zero attached hydrogens (tertiary/aromatic N) is 5. The molecule has 0 atom stereocenters. The number of aromatic nitrogens is 4. The second-order valence-corrected chi connectivity index (χ2v) is 6.91. The molecule has 27 heavy (non-hydrogen) atoms. The molecule has 8 nitrogen and oxygen atoms in total. The van der Waals surface area contributed by atoms with Gasteiger partial charge in [0.25, 0.3) is 0 Å². The summed E-state index contributed by atoms with van der Waals surface area (Å²) in [7, 11) is 3.12. The molecule has 1 saturated heterocycles. The molecule has 3 heterocycles. The van der Waals surface area contributed by atoms with E-state index in [0.717, 1.165) is 37.3 Å². The highest BCUT2D eigenvalue weighted by atomic mass is 32.1. The van der Waals surface area contributed by atoms with Crippen molar-refractivity contribution in [1.82, 2.24) is 24.2 Å². The molecule has 0 bridgehead atoms. The van der Waals surface area contributed by atoms with E-state index in [2.05, 4.69) is 9.88 Å². The van der Waals surface area contributed by atoms with Gasteiger partial charge in [0.05, 0.1) is 32.8 Å². The Morgan fingerprint density at radius 1 is 1.26 bits per heavy atom. The summed E-state index contributed by atoms with van der Waals surface area (Å²) in [5.41, 5.74) is 0.968. The van der Waals surface area contributed by atoms with Crippen molar-refractivity contribution in [2.45, 2.75) is 26.1 Å². The SMILES string of the molecule is COCCn1c(-c2ccncc2)nn(CN2CCC(C(=O)OC)CC2)c1=S. The number of likely N-dealkylation sites (tertiary alicyclic amines) is 1. The molecule has 0 amide bonds. The first kappa shape index (κ1) is 19.7. The average molecular weight is 391 g/mol. The van der Waals surface area contributed by atoms with Gasteiger partial charge in [-0.25, -0.2) is 4.68 Å². The molecule has 0 unspecified atom stereocenters. The van der Waals surface area contributed by atoms with E-state index in [0.29, 0.717) is 24.6 Å². The largest absolute Gasteiger partial charge is 0.469 e. The molecule has 1 aliphatic heterocycles. The van der Waals surface area contributed by atoms with Crippen molar-refractivity contribution < 1.29 is 14.3 Å². The first-order valence-electron chi connectivity index (χ1n) is 9.01. The van der Waals surface area contributed by atoms with Gasteiger partial charge in [0, 0.05) is 38.2 Å². The Labute approximate surface area is 163 Å². The highest BCUT2D eigenvalue weighted by molar-refractivity contribution is 7.71. The van der Waals surface area contributed by atoms with Crippen LogP contribution in [-0.2, 0) is 27.5 Å². The maximum Gasteiger partial charge on any atom is 0.308 e. The second kappa shape index (κ2) is 9.20. The predicted octanol–water partition coefficient (Wildman–Crippen LogP) is 1.96. The Hall–Kier alpha value is -2.10. The number of hydrogen-bond donors (Lipinski definition) is 0. The molecule has 1 aliphatic rings. The number of carbonyl (C=O) groups excluding carboxylic acids is 1. The number of rotatable bonds is 7. The third-order valence-corrected chi connectivity index (χ3v) is 5.27. The van der Waals surface area contributed by atoms with Crippen molar-refractivity contribution in [3.63, 3.8) is 0 Å². The molecule has 0 saturated carbocycles. The lowest BCUT2D eigenvalue weighted by molar-refractivity contribution is -0.147. The fourth-order valence-corrected chi connectivity index (χ4v) is 3.57. The smallest absolute Gasteiger partial charge is 0.308 e. The van der Waals surface area contributed by atoms with Crippen molar-refractivity contribution in [3.05, 3.63) is 29.3 Å². The number of methoxy groups -OCH3 is 2. The van der Waals surface area contributed by atoms with Crippen LogP contribution in [0.15, 0.2) is 24.5 Å². The minimum atomic E-state index is -0.116. The Morgan fingerprint density at radius 2 is 1.96 bits per heavy atom. The third kappa shape index (κ3) is 4.60. The molecule has 0 aliphatic carbocycles. The number of pyridine rings is 1. The van der Waals surface area contributed by atoms with Gasteiger partial charge in [0.1, 0.15) is 0 Å². The number of ether oxygens (including phenoxy) is 2. The van der Waals surface area contributed by atoms with Crippen LogP contribution >= 0.6 is 12.2 Å². The summed E-state index contributed by atoms with van der Waals surface area (Å²) < 4.78 is 14.6. The quantitative estimate of drug-likeness (QED) is 0.528. The summed E-state index contributed by atoms with van der Waals surface area (Å²) in [6.07, 6.45) is 5.08. The van der Waals surface area contributed by atoms with Crippen LogP contribution in [0.3, 0.4) is 0 Å². The van der Waals surface area contributed by atoms with Gasteiger partial charge < -0.3 is 9.47 Å². The molecular weight excluding hydrogens is 366 g/mol. The summed E-state index contributed by atoms with van der Waals surface area (Å²) >= 11 is 5.67. The molecule has 0 radical (unpaired) electrons. The van der Waals surface area contributed by atoms with Crippen LogP contribution in [0, 0.1) is 10.7 Å². The highest BCUT2D eigenvalue weighted by Gasteiger charge is 2.26. The van der Waals surface area contributed by atoms with Gasteiger partial charge in [-0.1, -0.05) is 0 Å².